The molecule has 18 heavy (non-hydrogen) atoms. The molecule has 1 unspecified atom stereocenters. The molecular weight excluding hydrogens is 242 g/mol. The van der Waals surface area contributed by atoms with Crippen LogP contribution in [0.25, 0.3) is 0 Å². The SMILES string of the molecule is CCC(CSC)N(C)c1cc(CNC)cc(C)n1. The molecule has 0 spiro atoms. The monoisotopic (exact) mass is 267 g/mol. The van der Waals surface area contributed by atoms with Gasteiger partial charge in [-0.25, -0.2) is 4.98 Å². The summed E-state index contributed by atoms with van der Waals surface area (Å²) in [5, 5.41) is 3.20. The van der Waals surface area contributed by atoms with Gasteiger partial charge in [-0.15, -0.1) is 0 Å². The van der Waals surface area contributed by atoms with E-state index in [0.29, 0.717) is 6.04 Å². The zero-order valence-electron chi connectivity index (χ0n) is 12.2. The van der Waals surface area contributed by atoms with Crippen LogP contribution < -0.4 is 10.2 Å². The van der Waals surface area contributed by atoms with E-state index in [1.807, 2.05) is 18.8 Å². The number of nitrogens with one attached hydrogen (secondary N) is 1. The standard InChI is InChI=1S/C14H25N3S/c1-6-13(10-18-5)17(4)14-8-12(9-15-3)7-11(2)16-14/h7-8,13,15H,6,9-10H2,1-5H3. The van der Waals surface area contributed by atoms with Crippen LogP contribution in [-0.2, 0) is 6.54 Å². The average Bonchev–Trinajstić information content (AvgIpc) is 2.35. The topological polar surface area (TPSA) is 28.2 Å². The lowest BCUT2D eigenvalue weighted by atomic mass is 10.2. The molecule has 3 nitrogen and oxygen atoms in total. The summed E-state index contributed by atoms with van der Waals surface area (Å²) >= 11 is 1.89. The molecule has 1 rings (SSSR count). The van der Waals surface area contributed by atoms with Crippen molar-refractivity contribution in [1.82, 2.24) is 10.3 Å². The fraction of sp³-hybridized carbons (Fsp3) is 0.643. The molecule has 1 N–H and O–H groups in total. The van der Waals surface area contributed by atoms with Gasteiger partial charge in [-0.3, -0.25) is 0 Å². The molecule has 0 saturated carbocycles. The number of hydrogen-bond donors (Lipinski definition) is 1. The lowest BCUT2D eigenvalue weighted by molar-refractivity contribution is 0.664. The fourth-order valence-corrected chi connectivity index (χ4v) is 2.93. The summed E-state index contributed by atoms with van der Waals surface area (Å²) in [6.07, 6.45) is 3.31. The van der Waals surface area contributed by atoms with Crippen molar-refractivity contribution in [2.45, 2.75) is 32.9 Å². The normalized spacial score (nSPS) is 12.5. The summed E-state index contributed by atoms with van der Waals surface area (Å²) in [5.41, 5.74) is 2.38. The highest BCUT2D eigenvalue weighted by atomic mass is 32.2. The first-order valence-corrected chi connectivity index (χ1v) is 7.85. The predicted octanol–water partition coefficient (Wildman–Crippen LogP) is 2.69. The maximum Gasteiger partial charge on any atom is 0.129 e. The van der Waals surface area contributed by atoms with Crippen LogP contribution in [-0.4, -0.2) is 37.1 Å². The zero-order valence-corrected chi connectivity index (χ0v) is 13.0. The van der Waals surface area contributed by atoms with Gasteiger partial charge in [-0.2, -0.15) is 11.8 Å². The van der Waals surface area contributed by atoms with Gasteiger partial charge < -0.3 is 10.2 Å². The van der Waals surface area contributed by atoms with E-state index < -0.39 is 0 Å². The van der Waals surface area contributed by atoms with Crippen LogP contribution >= 0.6 is 11.8 Å². The van der Waals surface area contributed by atoms with E-state index in [1.54, 1.807) is 0 Å². The Bertz CT molecular complexity index is 368. The number of rotatable bonds is 7. The third-order valence-electron chi connectivity index (χ3n) is 3.12. The van der Waals surface area contributed by atoms with Crippen LogP contribution in [0.2, 0.25) is 0 Å². The highest BCUT2D eigenvalue weighted by Gasteiger charge is 2.14. The van der Waals surface area contributed by atoms with E-state index in [-0.39, 0.29) is 0 Å². The molecule has 4 heteroatoms. The molecule has 0 fully saturated rings. The van der Waals surface area contributed by atoms with E-state index in [4.69, 9.17) is 0 Å². The third-order valence-corrected chi connectivity index (χ3v) is 3.84. The second-order valence-corrected chi connectivity index (χ2v) is 5.54. The van der Waals surface area contributed by atoms with Gasteiger partial charge in [0.1, 0.15) is 5.82 Å². The number of anilines is 1. The highest BCUT2D eigenvalue weighted by molar-refractivity contribution is 7.98. The minimum atomic E-state index is 0.553. The Hall–Kier alpha value is -0.740. The van der Waals surface area contributed by atoms with Gasteiger partial charge in [0.2, 0.25) is 0 Å². The Labute approximate surface area is 115 Å². The Morgan fingerprint density at radius 3 is 2.72 bits per heavy atom. The third kappa shape index (κ3) is 4.18. The van der Waals surface area contributed by atoms with Gasteiger partial charge in [0.15, 0.2) is 0 Å². The van der Waals surface area contributed by atoms with Crippen molar-refractivity contribution < 1.29 is 0 Å². The lowest BCUT2D eigenvalue weighted by Crippen LogP contribution is -2.34. The van der Waals surface area contributed by atoms with Gasteiger partial charge in [0, 0.05) is 31.1 Å². The summed E-state index contributed by atoms with van der Waals surface area (Å²) < 4.78 is 0. The smallest absolute Gasteiger partial charge is 0.129 e. The number of pyridine rings is 1. The first-order chi connectivity index (χ1) is 8.62. The first kappa shape index (κ1) is 15.3. The van der Waals surface area contributed by atoms with Crippen LogP contribution in [0, 0.1) is 6.92 Å². The van der Waals surface area contributed by atoms with E-state index in [2.05, 4.69) is 54.5 Å². The summed E-state index contributed by atoms with van der Waals surface area (Å²) in [7, 11) is 4.12. The number of thioether (sulfide) groups is 1. The fourth-order valence-electron chi connectivity index (χ4n) is 2.09. The highest BCUT2D eigenvalue weighted by Crippen LogP contribution is 2.19. The van der Waals surface area contributed by atoms with Gasteiger partial charge in [-0.1, -0.05) is 6.92 Å². The Balaban J connectivity index is 2.92. The van der Waals surface area contributed by atoms with Crippen molar-refractivity contribution in [2.24, 2.45) is 0 Å². The molecule has 0 aliphatic rings. The minimum Gasteiger partial charge on any atom is -0.356 e. The predicted molar refractivity (Wildman–Crippen MR) is 82.6 cm³/mol. The second-order valence-electron chi connectivity index (χ2n) is 4.63. The van der Waals surface area contributed by atoms with Crippen molar-refractivity contribution in [3.63, 3.8) is 0 Å². The van der Waals surface area contributed by atoms with Crippen molar-refractivity contribution in [2.75, 3.05) is 31.0 Å². The Morgan fingerprint density at radius 2 is 2.17 bits per heavy atom. The van der Waals surface area contributed by atoms with Crippen LogP contribution in [0.4, 0.5) is 5.82 Å². The van der Waals surface area contributed by atoms with Crippen LogP contribution in [0.1, 0.15) is 24.6 Å². The van der Waals surface area contributed by atoms with Gasteiger partial charge in [0.25, 0.3) is 0 Å². The van der Waals surface area contributed by atoms with Gasteiger partial charge >= 0.3 is 0 Å². The van der Waals surface area contributed by atoms with Crippen molar-refractivity contribution in [3.8, 4) is 0 Å². The number of aryl methyl sites for hydroxylation is 1. The Kier molecular flexibility index (Phi) is 6.50. The van der Waals surface area contributed by atoms with E-state index in [1.165, 1.54) is 5.56 Å². The number of nitrogens with zero attached hydrogens (tertiary/aromatic N) is 2. The second kappa shape index (κ2) is 7.64. The van der Waals surface area contributed by atoms with Crippen molar-refractivity contribution in [1.29, 1.82) is 0 Å². The van der Waals surface area contributed by atoms with E-state index in [9.17, 15) is 0 Å². The molecule has 0 aliphatic heterocycles. The zero-order chi connectivity index (χ0) is 13.5. The summed E-state index contributed by atoms with van der Waals surface area (Å²) in [4.78, 5) is 6.96. The molecule has 0 bridgehead atoms. The summed E-state index contributed by atoms with van der Waals surface area (Å²) in [6.45, 7) is 5.19. The van der Waals surface area contributed by atoms with Crippen LogP contribution in [0.3, 0.4) is 0 Å². The molecule has 102 valence electrons. The molecule has 0 aromatic carbocycles. The number of aromatic nitrogens is 1. The van der Waals surface area contributed by atoms with Gasteiger partial charge in [0.05, 0.1) is 0 Å². The Morgan fingerprint density at radius 1 is 1.44 bits per heavy atom. The molecule has 0 amide bonds. The van der Waals surface area contributed by atoms with Crippen LogP contribution in [0.15, 0.2) is 12.1 Å². The lowest BCUT2D eigenvalue weighted by Gasteiger charge is -2.28. The van der Waals surface area contributed by atoms with Gasteiger partial charge in [-0.05, 0) is 44.3 Å². The van der Waals surface area contributed by atoms with Crippen LogP contribution in [0.5, 0.6) is 0 Å². The molecule has 1 aromatic heterocycles. The molecule has 0 radical (unpaired) electrons. The molecule has 0 aliphatic carbocycles. The summed E-state index contributed by atoms with van der Waals surface area (Å²) in [6, 6.07) is 4.88. The summed E-state index contributed by atoms with van der Waals surface area (Å²) in [5.74, 6) is 2.23. The maximum atomic E-state index is 4.66. The largest absolute Gasteiger partial charge is 0.356 e. The molecule has 1 heterocycles. The molecule has 1 aromatic rings. The average molecular weight is 267 g/mol. The van der Waals surface area contributed by atoms with E-state index in [0.717, 1.165) is 30.2 Å². The van der Waals surface area contributed by atoms with Crippen molar-refractivity contribution in [3.05, 3.63) is 23.4 Å². The molecule has 0 saturated heterocycles. The van der Waals surface area contributed by atoms with E-state index >= 15 is 0 Å². The quantitative estimate of drug-likeness (QED) is 0.822. The first-order valence-electron chi connectivity index (χ1n) is 6.46. The molecular formula is C14H25N3S. The molecule has 1 atom stereocenters. The number of hydrogen-bond acceptors (Lipinski definition) is 4. The maximum absolute atomic E-state index is 4.66. The van der Waals surface area contributed by atoms with Crippen molar-refractivity contribution >= 4 is 17.6 Å². The minimum absolute atomic E-state index is 0.553.